The Labute approximate surface area is 130 Å². The van der Waals surface area contributed by atoms with Crippen LogP contribution in [0.3, 0.4) is 0 Å². The summed E-state index contributed by atoms with van der Waals surface area (Å²) in [4.78, 5) is 13.8. The Hall–Kier alpha value is -1.46. The van der Waals surface area contributed by atoms with E-state index in [9.17, 15) is 4.79 Å². The van der Waals surface area contributed by atoms with E-state index in [2.05, 4.69) is 5.32 Å². The molecule has 21 heavy (non-hydrogen) atoms. The van der Waals surface area contributed by atoms with Gasteiger partial charge < -0.3 is 20.1 Å². The van der Waals surface area contributed by atoms with Crippen LogP contribution in [0.5, 0.6) is 5.75 Å². The summed E-state index contributed by atoms with van der Waals surface area (Å²) < 4.78 is 5.60. The molecule has 0 saturated carbocycles. The molecule has 1 aromatic rings. The van der Waals surface area contributed by atoms with Gasteiger partial charge >= 0.3 is 6.03 Å². The Kier molecular flexibility index (Phi) is 7.93. The van der Waals surface area contributed by atoms with Crippen molar-refractivity contribution in [3.05, 3.63) is 23.2 Å². The number of benzene rings is 1. The van der Waals surface area contributed by atoms with Gasteiger partial charge in [0.25, 0.3) is 0 Å². The Morgan fingerprint density at radius 2 is 2.10 bits per heavy atom. The smallest absolute Gasteiger partial charge is 0.322 e. The molecule has 0 saturated heterocycles. The van der Waals surface area contributed by atoms with Gasteiger partial charge in [0.1, 0.15) is 5.75 Å². The SMILES string of the molecule is CCCOc1ccc(Cl)cc1NC(=O)N(CCC)CCO. The molecule has 0 unspecified atom stereocenters. The maximum atomic E-state index is 12.2. The lowest BCUT2D eigenvalue weighted by molar-refractivity contribution is 0.188. The third kappa shape index (κ3) is 5.81. The van der Waals surface area contributed by atoms with Crippen LogP contribution >= 0.6 is 11.6 Å². The van der Waals surface area contributed by atoms with Crippen LogP contribution in [0.1, 0.15) is 26.7 Å². The van der Waals surface area contributed by atoms with Gasteiger partial charge in [0.05, 0.1) is 18.9 Å². The standard InChI is InChI=1S/C15H23ClN2O3/c1-3-7-18(8-9-19)15(20)17-13-11-12(16)5-6-14(13)21-10-4-2/h5-6,11,19H,3-4,7-10H2,1-2H3,(H,17,20). The van der Waals surface area contributed by atoms with Gasteiger partial charge in [-0.3, -0.25) is 0 Å². The summed E-state index contributed by atoms with van der Waals surface area (Å²) in [6.45, 7) is 5.37. The number of amides is 2. The third-order valence-electron chi connectivity index (χ3n) is 2.80. The van der Waals surface area contributed by atoms with Crippen molar-refractivity contribution in [1.29, 1.82) is 0 Å². The van der Waals surface area contributed by atoms with Gasteiger partial charge in [0.15, 0.2) is 0 Å². The van der Waals surface area contributed by atoms with Gasteiger partial charge in [0, 0.05) is 18.1 Å². The number of ether oxygens (including phenoxy) is 1. The molecule has 0 bridgehead atoms. The lowest BCUT2D eigenvalue weighted by Crippen LogP contribution is -2.37. The minimum Gasteiger partial charge on any atom is -0.491 e. The number of rotatable bonds is 8. The zero-order chi connectivity index (χ0) is 15.7. The number of hydrogen-bond acceptors (Lipinski definition) is 3. The van der Waals surface area contributed by atoms with E-state index in [-0.39, 0.29) is 12.6 Å². The lowest BCUT2D eigenvalue weighted by Gasteiger charge is -2.22. The summed E-state index contributed by atoms with van der Waals surface area (Å²) in [7, 11) is 0. The van der Waals surface area contributed by atoms with Crippen molar-refractivity contribution in [1.82, 2.24) is 4.90 Å². The number of urea groups is 1. The van der Waals surface area contributed by atoms with Crippen LogP contribution in [-0.4, -0.2) is 42.3 Å². The summed E-state index contributed by atoms with van der Waals surface area (Å²) in [6, 6.07) is 4.85. The van der Waals surface area contributed by atoms with Crippen LogP contribution in [0.25, 0.3) is 0 Å². The van der Waals surface area contributed by atoms with Crippen LogP contribution in [0.15, 0.2) is 18.2 Å². The zero-order valence-corrected chi connectivity index (χ0v) is 13.3. The predicted molar refractivity (Wildman–Crippen MR) is 85.2 cm³/mol. The molecule has 0 atom stereocenters. The first kappa shape index (κ1) is 17.6. The Morgan fingerprint density at radius 1 is 1.33 bits per heavy atom. The largest absolute Gasteiger partial charge is 0.491 e. The molecule has 0 heterocycles. The maximum Gasteiger partial charge on any atom is 0.322 e. The monoisotopic (exact) mass is 314 g/mol. The van der Waals surface area contributed by atoms with Crippen molar-refractivity contribution in [2.24, 2.45) is 0 Å². The highest BCUT2D eigenvalue weighted by Gasteiger charge is 2.14. The van der Waals surface area contributed by atoms with Gasteiger partial charge in [-0.2, -0.15) is 0 Å². The molecule has 1 rings (SSSR count). The maximum absolute atomic E-state index is 12.2. The number of carbonyl (C=O) groups excluding carboxylic acids is 1. The van der Waals surface area contributed by atoms with E-state index < -0.39 is 0 Å². The molecule has 0 aliphatic heterocycles. The van der Waals surface area contributed by atoms with Crippen molar-refractivity contribution in [3.63, 3.8) is 0 Å². The fourth-order valence-corrected chi connectivity index (χ4v) is 2.01. The molecule has 6 heteroatoms. The Balaban J connectivity index is 2.83. The molecule has 0 fully saturated rings. The molecular weight excluding hydrogens is 292 g/mol. The number of nitrogens with zero attached hydrogens (tertiary/aromatic N) is 1. The summed E-state index contributed by atoms with van der Waals surface area (Å²) in [5, 5.41) is 12.3. The molecule has 0 aliphatic carbocycles. The topological polar surface area (TPSA) is 61.8 Å². The second-order valence-corrected chi connectivity index (χ2v) is 5.07. The summed E-state index contributed by atoms with van der Waals surface area (Å²) >= 11 is 5.98. The number of aliphatic hydroxyl groups excluding tert-OH is 1. The van der Waals surface area contributed by atoms with E-state index in [1.807, 2.05) is 13.8 Å². The van der Waals surface area contributed by atoms with Gasteiger partial charge in [0.2, 0.25) is 0 Å². The summed E-state index contributed by atoms with van der Waals surface area (Å²) in [6.07, 6.45) is 1.70. The van der Waals surface area contributed by atoms with Crippen LogP contribution in [-0.2, 0) is 0 Å². The minimum absolute atomic E-state index is 0.0673. The van der Waals surface area contributed by atoms with Gasteiger partial charge in [-0.05, 0) is 31.0 Å². The van der Waals surface area contributed by atoms with E-state index >= 15 is 0 Å². The minimum atomic E-state index is -0.269. The lowest BCUT2D eigenvalue weighted by atomic mass is 10.3. The normalized spacial score (nSPS) is 10.3. The van der Waals surface area contributed by atoms with E-state index in [0.29, 0.717) is 36.2 Å². The second kappa shape index (κ2) is 9.47. The molecule has 1 aromatic carbocycles. The molecule has 2 N–H and O–H groups in total. The van der Waals surface area contributed by atoms with E-state index in [1.165, 1.54) is 0 Å². The van der Waals surface area contributed by atoms with Crippen molar-refractivity contribution in [3.8, 4) is 5.75 Å². The van der Waals surface area contributed by atoms with E-state index in [4.69, 9.17) is 21.4 Å². The molecule has 5 nitrogen and oxygen atoms in total. The molecule has 0 aliphatic rings. The van der Waals surface area contributed by atoms with Crippen molar-refractivity contribution >= 4 is 23.3 Å². The molecule has 0 aromatic heterocycles. The van der Waals surface area contributed by atoms with Crippen LogP contribution in [0.2, 0.25) is 5.02 Å². The summed E-state index contributed by atoms with van der Waals surface area (Å²) in [5.74, 6) is 0.593. The number of nitrogens with one attached hydrogen (secondary N) is 1. The van der Waals surface area contributed by atoms with Gasteiger partial charge in [-0.25, -0.2) is 4.79 Å². The van der Waals surface area contributed by atoms with Gasteiger partial charge in [-0.1, -0.05) is 25.4 Å². The first-order chi connectivity index (χ1) is 10.1. The van der Waals surface area contributed by atoms with Crippen molar-refractivity contribution in [2.45, 2.75) is 26.7 Å². The van der Waals surface area contributed by atoms with E-state index in [0.717, 1.165) is 12.8 Å². The molecule has 118 valence electrons. The highest BCUT2D eigenvalue weighted by molar-refractivity contribution is 6.31. The molecule has 0 spiro atoms. The highest BCUT2D eigenvalue weighted by atomic mass is 35.5. The molecule has 0 radical (unpaired) electrons. The van der Waals surface area contributed by atoms with Crippen LogP contribution in [0, 0.1) is 0 Å². The number of aliphatic hydroxyl groups is 1. The van der Waals surface area contributed by atoms with Crippen LogP contribution < -0.4 is 10.1 Å². The fourth-order valence-electron chi connectivity index (χ4n) is 1.84. The summed E-state index contributed by atoms with van der Waals surface area (Å²) in [5.41, 5.74) is 0.542. The molecule has 2 amide bonds. The van der Waals surface area contributed by atoms with Crippen LogP contribution in [0.4, 0.5) is 10.5 Å². The Bertz CT molecular complexity index is 449. The van der Waals surface area contributed by atoms with E-state index in [1.54, 1.807) is 23.1 Å². The highest BCUT2D eigenvalue weighted by Crippen LogP contribution is 2.28. The van der Waals surface area contributed by atoms with Crippen molar-refractivity contribution < 1.29 is 14.6 Å². The zero-order valence-electron chi connectivity index (χ0n) is 12.6. The first-order valence-corrected chi connectivity index (χ1v) is 7.59. The number of hydrogen-bond donors (Lipinski definition) is 2. The number of halogens is 1. The number of anilines is 1. The van der Waals surface area contributed by atoms with Crippen molar-refractivity contribution in [2.75, 3.05) is 31.6 Å². The second-order valence-electron chi connectivity index (χ2n) is 4.63. The average Bonchev–Trinajstić information content (AvgIpc) is 2.46. The molecular formula is C15H23ClN2O3. The van der Waals surface area contributed by atoms with Gasteiger partial charge in [-0.15, -0.1) is 0 Å². The quantitative estimate of drug-likeness (QED) is 0.773. The average molecular weight is 315 g/mol. The first-order valence-electron chi connectivity index (χ1n) is 7.21. The fraction of sp³-hybridized carbons (Fsp3) is 0.533. The Morgan fingerprint density at radius 3 is 2.71 bits per heavy atom. The number of carbonyl (C=O) groups is 1. The predicted octanol–water partition coefficient (Wildman–Crippen LogP) is 3.37. The third-order valence-corrected chi connectivity index (χ3v) is 3.03.